The van der Waals surface area contributed by atoms with Crippen molar-refractivity contribution in [2.75, 3.05) is 51.5 Å². The zero-order valence-corrected chi connectivity index (χ0v) is 40.7. The van der Waals surface area contributed by atoms with Gasteiger partial charge in [-0.2, -0.15) is 4.98 Å². The molecule has 74 heavy (non-hydrogen) atoms. The van der Waals surface area contributed by atoms with Crippen molar-refractivity contribution in [2.45, 2.75) is 87.7 Å². The van der Waals surface area contributed by atoms with Crippen LogP contribution in [0.1, 0.15) is 70.8 Å². The fourth-order valence-corrected chi connectivity index (χ4v) is 7.34. The van der Waals surface area contributed by atoms with Gasteiger partial charge in [0.1, 0.15) is 45.2 Å². The average Bonchev–Trinajstić information content (AvgIpc) is 3.35. The first-order valence-electron chi connectivity index (χ1n) is 22.1. The van der Waals surface area contributed by atoms with Crippen LogP contribution in [-0.2, 0) is 53.8 Å². The van der Waals surface area contributed by atoms with Gasteiger partial charge in [-0.3, -0.25) is 9.52 Å². The molecule has 31 nitrogen and oxygen atoms in total. The van der Waals surface area contributed by atoms with E-state index in [2.05, 4.69) is 44.0 Å². The molecular formula is C42H51N9O22S. The van der Waals surface area contributed by atoms with Crippen LogP contribution < -0.4 is 18.9 Å². The average molecular weight is 1070 g/mol. The minimum Gasteiger partial charge on any atom is -0.493 e. The maximum absolute atomic E-state index is 14.1. The number of ether oxygens (including phenoxy) is 6. The van der Waals surface area contributed by atoms with Crippen molar-refractivity contribution in [1.29, 1.82) is 0 Å². The number of nitrogens with one attached hydrogen (secondary N) is 1. The van der Waals surface area contributed by atoms with Crippen molar-refractivity contribution in [3.63, 3.8) is 0 Å². The fraction of sp³-hybridized carbons (Fsp3) is 0.476. The molecule has 4 aromatic rings. The number of rotatable bonds is 35. The molecule has 4 rings (SSSR count). The second-order valence-electron chi connectivity index (χ2n) is 15.9. The lowest BCUT2D eigenvalue weighted by Gasteiger charge is -2.25. The van der Waals surface area contributed by atoms with Crippen molar-refractivity contribution in [1.82, 2.24) is 19.9 Å². The maximum Gasteiger partial charge on any atom is 0.508 e. The van der Waals surface area contributed by atoms with Gasteiger partial charge in [-0.1, -0.05) is 51.0 Å². The monoisotopic (exact) mass is 1070 g/mol. The number of hydrogen-bond acceptors (Lipinski definition) is 26. The second kappa shape index (κ2) is 29.0. The van der Waals surface area contributed by atoms with Crippen molar-refractivity contribution in [2.24, 2.45) is 0 Å². The summed E-state index contributed by atoms with van der Waals surface area (Å²) in [5, 5.41) is 37.9. The summed E-state index contributed by atoms with van der Waals surface area (Å²) in [6, 6.07) is 13.5. The van der Waals surface area contributed by atoms with Gasteiger partial charge in [0.2, 0.25) is 11.6 Å². The highest BCUT2D eigenvalue weighted by Gasteiger charge is 2.28. The molecule has 2 heterocycles. The Morgan fingerprint density at radius 1 is 0.689 bits per heavy atom. The lowest BCUT2D eigenvalue weighted by molar-refractivity contribution is -0.790. The van der Waals surface area contributed by atoms with Crippen molar-refractivity contribution >= 4 is 28.0 Å². The van der Waals surface area contributed by atoms with Crippen LogP contribution >= 0.6 is 0 Å². The molecule has 0 fully saturated rings. The molecule has 1 N–H and O–H groups in total. The smallest absolute Gasteiger partial charge is 0.493 e. The minimum absolute atomic E-state index is 0.000712. The topological polar surface area (TPSA) is 397 Å². The summed E-state index contributed by atoms with van der Waals surface area (Å²) in [4.78, 5) is 101. The van der Waals surface area contributed by atoms with Gasteiger partial charge in [0.15, 0.2) is 23.1 Å². The molecule has 0 spiro atoms. The first kappa shape index (κ1) is 57.9. The van der Waals surface area contributed by atoms with E-state index in [1.165, 1.54) is 55.9 Å². The van der Waals surface area contributed by atoms with E-state index in [4.69, 9.17) is 28.4 Å². The minimum atomic E-state index is -4.52. The third kappa shape index (κ3) is 20.2. The fourth-order valence-electron chi connectivity index (χ4n) is 6.33. The lowest BCUT2D eigenvalue weighted by atomic mass is 9.86. The Kier molecular flexibility index (Phi) is 22.7. The van der Waals surface area contributed by atoms with Crippen LogP contribution in [0.15, 0.2) is 71.9 Å². The summed E-state index contributed by atoms with van der Waals surface area (Å²) in [7, 11) is -3.14. The Hall–Kier alpha value is -8.71. The Morgan fingerprint density at radius 2 is 1.30 bits per heavy atom. The largest absolute Gasteiger partial charge is 0.508 e. The van der Waals surface area contributed by atoms with Crippen molar-refractivity contribution < 1.29 is 86.1 Å². The summed E-state index contributed by atoms with van der Waals surface area (Å²) in [5.74, 6) is -1.65. The van der Waals surface area contributed by atoms with E-state index in [9.17, 15) is 58.5 Å². The van der Waals surface area contributed by atoms with Crippen LogP contribution in [0.3, 0.4) is 0 Å². The van der Waals surface area contributed by atoms with Crippen LogP contribution in [-0.4, -0.2) is 120 Å². The number of benzene rings is 2. The number of unbranched alkanes of at least 4 members (excludes halogenated alkanes) is 3. The van der Waals surface area contributed by atoms with E-state index in [1.807, 2.05) is 0 Å². The predicted octanol–water partition coefficient (Wildman–Crippen LogP) is 5.58. The molecular weight excluding hydrogens is 1010 g/mol. The van der Waals surface area contributed by atoms with Crippen molar-refractivity contribution in [3.8, 4) is 34.8 Å². The van der Waals surface area contributed by atoms with E-state index < -0.39 is 79.1 Å². The van der Waals surface area contributed by atoms with Crippen LogP contribution in [0.25, 0.3) is 11.6 Å². The number of aromatic nitrogens is 4. The highest BCUT2D eigenvalue weighted by atomic mass is 32.2. The lowest BCUT2D eigenvalue weighted by Crippen LogP contribution is -2.27. The Morgan fingerprint density at radius 3 is 1.89 bits per heavy atom. The number of esters is 1. The van der Waals surface area contributed by atoms with Crippen LogP contribution in [0.5, 0.6) is 23.1 Å². The molecule has 2 atom stereocenters. The first-order chi connectivity index (χ1) is 35.3. The molecule has 0 amide bonds. The third-order valence-electron chi connectivity index (χ3n) is 9.94. The highest BCUT2D eigenvalue weighted by molar-refractivity contribution is 7.92. The number of sulfonamides is 1. The van der Waals surface area contributed by atoms with Crippen LogP contribution in [0, 0.1) is 40.5 Å². The first-order valence-corrected chi connectivity index (χ1v) is 23.6. The number of methoxy groups -OCH3 is 1. The van der Waals surface area contributed by atoms with Gasteiger partial charge in [0.25, 0.3) is 36.2 Å². The molecule has 0 saturated heterocycles. The van der Waals surface area contributed by atoms with Gasteiger partial charge >= 0.3 is 12.1 Å². The molecule has 2 unspecified atom stereocenters. The Balaban J connectivity index is 1.45. The van der Waals surface area contributed by atoms with Gasteiger partial charge in [-0.25, -0.2) is 28.2 Å². The molecule has 402 valence electrons. The van der Waals surface area contributed by atoms with E-state index in [0.717, 1.165) is 0 Å². The summed E-state index contributed by atoms with van der Waals surface area (Å²) in [6.07, 6.45) is 0.830. The number of hydrogen-bond donors (Lipinski definition) is 1. The third-order valence-corrected chi connectivity index (χ3v) is 11.3. The van der Waals surface area contributed by atoms with Gasteiger partial charge < -0.3 is 47.8 Å². The summed E-state index contributed by atoms with van der Waals surface area (Å²) >= 11 is 0. The van der Waals surface area contributed by atoms with Crippen LogP contribution in [0.2, 0.25) is 0 Å². The van der Waals surface area contributed by atoms with E-state index in [0.29, 0.717) is 24.8 Å². The van der Waals surface area contributed by atoms with Gasteiger partial charge in [-0.05, 0) is 68.0 Å². The van der Waals surface area contributed by atoms with Gasteiger partial charge in [0.05, 0.1) is 18.6 Å². The Labute approximate surface area is 420 Å². The molecule has 32 heteroatoms. The molecule has 0 aliphatic rings. The SMILES string of the molecule is COc1ccccc1Oc1c(NS(=O)(=O)c2ccc(C(C)(C)COC(=O)OCCCCC(CO[N+](=O)[O-])O[N+](=O)[O-])cc2)nc(-c2ncccn2)nc1OCCOC(=O)CCCCCC(CO[N+](=O)[O-])O[N+](=O)[O-]. The van der Waals surface area contributed by atoms with Crippen molar-refractivity contribution in [3.05, 3.63) is 113 Å². The number of carbonyl (C=O) groups is 2. The standard InChI is InChI=1S/C42H51N9O22S/c1-42(2,28-68-41(53)67-23-10-9-13-31(73-51(60)61)27-70-49(56)57)29-17-19-32(20-18-29)74(62,63)47-37-36(71-34-15-8-7-14-33(34)64-3)40(46-39(45-37)38-43-21-11-22-44-38)66-25-24-65-35(52)16-6-4-5-12-30(72-50(58)59)26-69-48(54)55/h7-8,11,14-15,17-22,30-31H,4-6,9-10,12-13,16,23-28H2,1-3H3,(H,45,46,47). The van der Waals surface area contributed by atoms with Crippen LogP contribution in [0.4, 0.5) is 10.6 Å². The van der Waals surface area contributed by atoms with E-state index in [-0.39, 0.29) is 98.2 Å². The Bertz CT molecular complexity index is 2620. The summed E-state index contributed by atoms with van der Waals surface area (Å²) in [5.41, 5.74) is -0.329. The maximum atomic E-state index is 14.1. The number of nitrogens with zero attached hydrogens (tertiary/aromatic N) is 8. The van der Waals surface area contributed by atoms with Gasteiger partial charge in [-0.15, -0.1) is 40.5 Å². The molecule has 2 aromatic carbocycles. The molecule has 0 aliphatic heterocycles. The zero-order valence-electron chi connectivity index (χ0n) is 39.9. The normalized spacial score (nSPS) is 11.9. The highest BCUT2D eigenvalue weighted by Crippen LogP contribution is 2.41. The molecule has 0 radical (unpaired) electrons. The molecule has 0 saturated carbocycles. The molecule has 0 bridgehead atoms. The van der Waals surface area contributed by atoms with E-state index >= 15 is 0 Å². The molecule has 0 aliphatic carbocycles. The number of para-hydroxylation sites is 2. The quantitative estimate of drug-likeness (QED) is 0.0254. The number of carbonyl (C=O) groups excluding carboxylic acids is 2. The molecule has 2 aromatic heterocycles. The summed E-state index contributed by atoms with van der Waals surface area (Å²) in [6.45, 7) is 1.15. The van der Waals surface area contributed by atoms with Gasteiger partial charge in [0, 0.05) is 24.2 Å². The predicted molar refractivity (Wildman–Crippen MR) is 247 cm³/mol. The van der Waals surface area contributed by atoms with E-state index in [1.54, 1.807) is 32.0 Å². The second-order valence-corrected chi connectivity index (χ2v) is 17.5. The number of anilines is 1. The summed E-state index contributed by atoms with van der Waals surface area (Å²) < 4.78 is 64.0. The zero-order chi connectivity index (χ0) is 54.1.